The number of hydrogen-bond donors (Lipinski definition) is 3. The molecule has 1 aromatic rings. The van der Waals surface area contributed by atoms with Crippen LogP contribution in [0.15, 0.2) is 6.07 Å². The molecule has 5 heteroatoms. The van der Waals surface area contributed by atoms with E-state index in [9.17, 15) is 5.11 Å². The highest BCUT2D eigenvalue weighted by molar-refractivity contribution is 5.49. The van der Waals surface area contributed by atoms with Crippen LogP contribution in [0.5, 0.6) is 0 Å². The molecule has 5 nitrogen and oxygen atoms in total. The van der Waals surface area contributed by atoms with Gasteiger partial charge in [0.05, 0.1) is 12.1 Å². The molecule has 1 aromatic heterocycles. The van der Waals surface area contributed by atoms with Gasteiger partial charge in [0.25, 0.3) is 0 Å². The summed E-state index contributed by atoms with van der Waals surface area (Å²) in [4.78, 5) is 9.02. The standard InChI is InChI=1S/C13H22N4O/c1-4-13(2,8-18)17-11-7-10(14-3)15-12(16-11)9-5-6-9/h7,9,18H,4-6,8H2,1-3H3,(H2,14,15,16,17). The van der Waals surface area contributed by atoms with Gasteiger partial charge in [0.1, 0.15) is 17.5 Å². The van der Waals surface area contributed by atoms with Crippen molar-refractivity contribution in [1.82, 2.24) is 9.97 Å². The first-order valence-electron chi connectivity index (χ1n) is 6.56. The summed E-state index contributed by atoms with van der Waals surface area (Å²) in [5, 5.41) is 15.8. The summed E-state index contributed by atoms with van der Waals surface area (Å²) in [5.41, 5.74) is -0.333. The molecule has 2 rings (SSSR count). The summed E-state index contributed by atoms with van der Waals surface area (Å²) < 4.78 is 0. The second-order valence-corrected chi connectivity index (χ2v) is 5.22. The smallest absolute Gasteiger partial charge is 0.136 e. The molecule has 1 aliphatic rings. The highest BCUT2D eigenvalue weighted by Gasteiger charge is 2.28. The van der Waals surface area contributed by atoms with Gasteiger partial charge in [-0.3, -0.25) is 0 Å². The lowest BCUT2D eigenvalue weighted by molar-refractivity contribution is 0.218. The predicted molar refractivity (Wildman–Crippen MR) is 73.0 cm³/mol. The molecular weight excluding hydrogens is 228 g/mol. The van der Waals surface area contributed by atoms with Gasteiger partial charge in [-0.1, -0.05) is 6.92 Å². The third kappa shape index (κ3) is 2.90. The van der Waals surface area contributed by atoms with Crippen molar-refractivity contribution in [2.24, 2.45) is 0 Å². The largest absolute Gasteiger partial charge is 0.394 e. The average molecular weight is 250 g/mol. The lowest BCUT2D eigenvalue weighted by atomic mass is 10.0. The summed E-state index contributed by atoms with van der Waals surface area (Å²) >= 11 is 0. The van der Waals surface area contributed by atoms with E-state index in [0.29, 0.717) is 5.92 Å². The van der Waals surface area contributed by atoms with Crippen LogP contribution in [0.4, 0.5) is 11.6 Å². The number of hydrogen-bond acceptors (Lipinski definition) is 5. The minimum Gasteiger partial charge on any atom is -0.394 e. The molecule has 18 heavy (non-hydrogen) atoms. The van der Waals surface area contributed by atoms with Gasteiger partial charge in [-0.25, -0.2) is 9.97 Å². The minimum atomic E-state index is -0.333. The summed E-state index contributed by atoms with van der Waals surface area (Å²) in [6, 6.07) is 1.88. The first-order chi connectivity index (χ1) is 8.60. The number of aliphatic hydroxyl groups is 1. The van der Waals surface area contributed by atoms with Crippen molar-refractivity contribution in [3.05, 3.63) is 11.9 Å². The Morgan fingerprint density at radius 3 is 2.56 bits per heavy atom. The van der Waals surface area contributed by atoms with Crippen molar-refractivity contribution < 1.29 is 5.11 Å². The maximum atomic E-state index is 9.44. The predicted octanol–water partition coefficient (Wildman–Crippen LogP) is 1.97. The van der Waals surface area contributed by atoms with E-state index < -0.39 is 0 Å². The molecule has 3 N–H and O–H groups in total. The van der Waals surface area contributed by atoms with Crippen molar-refractivity contribution in [3.63, 3.8) is 0 Å². The van der Waals surface area contributed by atoms with Crippen molar-refractivity contribution in [1.29, 1.82) is 0 Å². The summed E-state index contributed by atoms with van der Waals surface area (Å²) in [6.45, 7) is 4.12. The Balaban J connectivity index is 2.23. The van der Waals surface area contributed by atoms with Crippen molar-refractivity contribution >= 4 is 11.6 Å². The van der Waals surface area contributed by atoms with Gasteiger partial charge in [-0.05, 0) is 26.2 Å². The van der Waals surface area contributed by atoms with Gasteiger partial charge in [0.2, 0.25) is 0 Å². The zero-order chi connectivity index (χ0) is 13.2. The number of aliphatic hydroxyl groups excluding tert-OH is 1. The number of anilines is 2. The Hall–Kier alpha value is -1.36. The molecule has 0 spiro atoms. The van der Waals surface area contributed by atoms with E-state index >= 15 is 0 Å². The summed E-state index contributed by atoms with van der Waals surface area (Å²) in [6.07, 6.45) is 3.19. The lowest BCUT2D eigenvalue weighted by Crippen LogP contribution is -2.38. The molecule has 100 valence electrons. The molecular formula is C13H22N4O. The molecule has 0 saturated heterocycles. The highest BCUT2D eigenvalue weighted by Crippen LogP contribution is 2.39. The Morgan fingerprint density at radius 1 is 1.39 bits per heavy atom. The van der Waals surface area contributed by atoms with Gasteiger partial charge < -0.3 is 15.7 Å². The molecule has 0 radical (unpaired) electrons. The average Bonchev–Trinajstić information content (AvgIpc) is 3.22. The Kier molecular flexibility index (Phi) is 3.71. The summed E-state index contributed by atoms with van der Waals surface area (Å²) in [7, 11) is 1.86. The van der Waals surface area contributed by atoms with Crippen LogP contribution in [0.2, 0.25) is 0 Å². The fourth-order valence-electron chi connectivity index (χ4n) is 1.73. The number of nitrogens with one attached hydrogen (secondary N) is 2. The molecule has 0 aromatic carbocycles. The van der Waals surface area contributed by atoms with Crippen LogP contribution in [-0.2, 0) is 0 Å². The van der Waals surface area contributed by atoms with Gasteiger partial charge >= 0.3 is 0 Å². The van der Waals surface area contributed by atoms with E-state index in [1.165, 1.54) is 12.8 Å². The molecule has 1 aliphatic carbocycles. The van der Waals surface area contributed by atoms with Crippen LogP contribution in [0.1, 0.15) is 44.9 Å². The van der Waals surface area contributed by atoms with Crippen LogP contribution in [0.3, 0.4) is 0 Å². The Morgan fingerprint density at radius 2 is 2.06 bits per heavy atom. The zero-order valence-corrected chi connectivity index (χ0v) is 11.3. The zero-order valence-electron chi connectivity index (χ0n) is 11.3. The first kappa shape index (κ1) is 13.1. The maximum Gasteiger partial charge on any atom is 0.136 e. The van der Waals surface area contributed by atoms with E-state index in [2.05, 4.69) is 20.6 Å². The molecule has 1 unspecified atom stereocenters. The molecule has 0 bridgehead atoms. The second kappa shape index (κ2) is 5.10. The fourth-order valence-corrected chi connectivity index (χ4v) is 1.73. The lowest BCUT2D eigenvalue weighted by Gasteiger charge is -2.28. The summed E-state index contributed by atoms with van der Waals surface area (Å²) in [5.74, 6) is 3.03. The van der Waals surface area contributed by atoms with Gasteiger partial charge in [-0.2, -0.15) is 0 Å². The SMILES string of the molecule is CCC(C)(CO)Nc1cc(NC)nc(C2CC2)n1. The monoisotopic (exact) mass is 250 g/mol. The van der Waals surface area contributed by atoms with E-state index in [1.54, 1.807) is 0 Å². The van der Waals surface area contributed by atoms with Crippen LogP contribution in [-0.4, -0.2) is 34.3 Å². The van der Waals surface area contributed by atoms with E-state index in [1.807, 2.05) is 27.0 Å². The molecule has 1 saturated carbocycles. The molecule has 1 atom stereocenters. The van der Waals surface area contributed by atoms with E-state index in [0.717, 1.165) is 23.9 Å². The molecule has 0 amide bonds. The number of nitrogens with zero attached hydrogens (tertiary/aromatic N) is 2. The van der Waals surface area contributed by atoms with Crippen molar-refractivity contribution in [2.45, 2.75) is 44.6 Å². The van der Waals surface area contributed by atoms with Crippen LogP contribution in [0.25, 0.3) is 0 Å². The molecule has 1 heterocycles. The van der Waals surface area contributed by atoms with Gasteiger partial charge in [-0.15, -0.1) is 0 Å². The third-order valence-electron chi connectivity index (χ3n) is 3.50. The van der Waals surface area contributed by atoms with Crippen LogP contribution < -0.4 is 10.6 Å². The van der Waals surface area contributed by atoms with Crippen LogP contribution in [0, 0.1) is 0 Å². The third-order valence-corrected chi connectivity index (χ3v) is 3.50. The normalized spacial score (nSPS) is 18.2. The first-order valence-corrected chi connectivity index (χ1v) is 6.56. The second-order valence-electron chi connectivity index (χ2n) is 5.22. The Bertz CT molecular complexity index is 413. The topological polar surface area (TPSA) is 70.1 Å². The quantitative estimate of drug-likeness (QED) is 0.720. The van der Waals surface area contributed by atoms with Crippen molar-refractivity contribution in [3.8, 4) is 0 Å². The van der Waals surface area contributed by atoms with Gasteiger partial charge in [0, 0.05) is 19.0 Å². The fraction of sp³-hybridized carbons (Fsp3) is 0.692. The van der Waals surface area contributed by atoms with E-state index in [4.69, 9.17) is 0 Å². The maximum absolute atomic E-state index is 9.44. The van der Waals surface area contributed by atoms with E-state index in [-0.39, 0.29) is 12.1 Å². The highest BCUT2D eigenvalue weighted by atomic mass is 16.3. The molecule has 0 aliphatic heterocycles. The minimum absolute atomic E-state index is 0.0845. The van der Waals surface area contributed by atoms with Crippen molar-refractivity contribution in [2.75, 3.05) is 24.3 Å². The number of rotatable bonds is 6. The van der Waals surface area contributed by atoms with Gasteiger partial charge in [0.15, 0.2) is 0 Å². The number of aromatic nitrogens is 2. The Labute approximate surface area is 108 Å². The molecule has 1 fully saturated rings. The van der Waals surface area contributed by atoms with Crippen LogP contribution >= 0.6 is 0 Å².